The van der Waals surface area contributed by atoms with Gasteiger partial charge < -0.3 is 10.1 Å². The van der Waals surface area contributed by atoms with E-state index in [0.717, 1.165) is 6.54 Å². The van der Waals surface area contributed by atoms with E-state index in [-0.39, 0.29) is 0 Å². The fourth-order valence-corrected chi connectivity index (χ4v) is 2.33. The van der Waals surface area contributed by atoms with E-state index in [1.54, 1.807) is 0 Å². The van der Waals surface area contributed by atoms with Gasteiger partial charge in [0.2, 0.25) is 0 Å². The molecule has 2 heteroatoms. The third-order valence-electron chi connectivity index (χ3n) is 2.94. The van der Waals surface area contributed by atoms with Crippen LogP contribution in [0.15, 0.2) is 0 Å². The van der Waals surface area contributed by atoms with Crippen LogP contribution in [0, 0.1) is 0 Å². The standard InChI is InChI=1S/C9H17NO/c1-7-5-9(2)4-3-8(11-7)6-10-9/h7-8,10H,3-6H2,1-2H3/t7?,8?,9-/m0/s1. The Labute approximate surface area is 68.3 Å². The van der Waals surface area contributed by atoms with Crippen LogP contribution in [0.3, 0.4) is 0 Å². The van der Waals surface area contributed by atoms with E-state index in [1.807, 2.05) is 0 Å². The third kappa shape index (κ3) is 1.42. The molecule has 0 aromatic rings. The molecule has 3 heterocycles. The molecule has 11 heavy (non-hydrogen) atoms. The van der Waals surface area contributed by atoms with E-state index < -0.39 is 0 Å². The maximum atomic E-state index is 5.80. The molecule has 3 aliphatic heterocycles. The molecule has 0 radical (unpaired) electrons. The minimum atomic E-state index is 0.367. The first kappa shape index (κ1) is 7.56. The highest BCUT2D eigenvalue weighted by atomic mass is 16.5. The average molecular weight is 155 g/mol. The van der Waals surface area contributed by atoms with Gasteiger partial charge in [-0.1, -0.05) is 0 Å². The van der Waals surface area contributed by atoms with Gasteiger partial charge in [-0.25, -0.2) is 0 Å². The first-order valence-corrected chi connectivity index (χ1v) is 4.58. The zero-order valence-corrected chi connectivity index (χ0v) is 7.39. The summed E-state index contributed by atoms with van der Waals surface area (Å²) in [7, 11) is 0. The second-order valence-electron chi connectivity index (χ2n) is 4.25. The van der Waals surface area contributed by atoms with Crippen LogP contribution in [0.4, 0.5) is 0 Å². The van der Waals surface area contributed by atoms with Gasteiger partial charge in [0.15, 0.2) is 0 Å². The summed E-state index contributed by atoms with van der Waals surface area (Å²) in [5.41, 5.74) is 0.367. The minimum Gasteiger partial charge on any atom is -0.374 e. The molecule has 0 aromatic heterocycles. The highest BCUT2D eigenvalue weighted by Crippen LogP contribution is 2.30. The summed E-state index contributed by atoms with van der Waals surface area (Å²) in [6.07, 6.45) is 4.63. The first-order chi connectivity index (χ1) is 5.18. The van der Waals surface area contributed by atoms with Gasteiger partial charge in [-0.15, -0.1) is 0 Å². The Hall–Kier alpha value is -0.0800. The van der Waals surface area contributed by atoms with Gasteiger partial charge >= 0.3 is 0 Å². The van der Waals surface area contributed by atoms with Crippen molar-refractivity contribution in [3.8, 4) is 0 Å². The second-order valence-corrected chi connectivity index (χ2v) is 4.25. The van der Waals surface area contributed by atoms with Crippen molar-refractivity contribution < 1.29 is 4.74 Å². The van der Waals surface area contributed by atoms with Gasteiger partial charge in [-0.3, -0.25) is 0 Å². The Morgan fingerprint density at radius 2 is 2.36 bits per heavy atom. The predicted octanol–water partition coefficient (Wildman–Crippen LogP) is 1.31. The molecule has 0 aliphatic carbocycles. The highest BCUT2D eigenvalue weighted by molar-refractivity contribution is 4.94. The lowest BCUT2D eigenvalue weighted by molar-refractivity contribution is 0.0107. The van der Waals surface area contributed by atoms with E-state index in [4.69, 9.17) is 4.74 Å². The van der Waals surface area contributed by atoms with Crippen molar-refractivity contribution in [2.75, 3.05) is 6.54 Å². The summed E-state index contributed by atoms with van der Waals surface area (Å²) in [6.45, 7) is 5.55. The maximum Gasteiger partial charge on any atom is 0.0703 e. The molecule has 0 spiro atoms. The summed E-state index contributed by atoms with van der Waals surface area (Å²) in [5, 5.41) is 3.56. The van der Waals surface area contributed by atoms with Crippen LogP contribution in [-0.2, 0) is 4.74 Å². The molecule has 3 atom stereocenters. The van der Waals surface area contributed by atoms with Gasteiger partial charge in [0.1, 0.15) is 0 Å². The molecule has 3 saturated heterocycles. The van der Waals surface area contributed by atoms with E-state index >= 15 is 0 Å². The summed E-state index contributed by atoms with van der Waals surface area (Å²) in [6, 6.07) is 0. The van der Waals surface area contributed by atoms with Gasteiger partial charge in [0.25, 0.3) is 0 Å². The van der Waals surface area contributed by atoms with Crippen LogP contribution < -0.4 is 5.32 Å². The lowest BCUT2D eigenvalue weighted by Crippen LogP contribution is -2.48. The maximum absolute atomic E-state index is 5.80. The van der Waals surface area contributed by atoms with Crippen molar-refractivity contribution in [2.24, 2.45) is 0 Å². The van der Waals surface area contributed by atoms with Crippen molar-refractivity contribution in [1.29, 1.82) is 0 Å². The Morgan fingerprint density at radius 3 is 3.00 bits per heavy atom. The molecular weight excluding hydrogens is 138 g/mol. The van der Waals surface area contributed by atoms with Gasteiger partial charge in [0, 0.05) is 12.1 Å². The number of rotatable bonds is 0. The largest absolute Gasteiger partial charge is 0.374 e. The average Bonchev–Trinajstić information content (AvgIpc) is 2.14. The Balaban J connectivity index is 2.14. The van der Waals surface area contributed by atoms with Gasteiger partial charge in [-0.2, -0.15) is 0 Å². The summed E-state index contributed by atoms with van der Waals surface area (Å²) in [4.78, 5) is 0. The molecular formula is C9H17NO. The number of hydrogen-bond donors (Lipinski definition) is 1. The molecule has 2 unspecified atom stereocenters. The van der Waals surface area contributed by atoms with Crippen molar-refractivity contribution >= 4 is 0 Å². The van der Waals surface area contributed by atoms with Crippen molar-refractivity contribution in [3.63, 3.8) is 0 Å². The number of hydrogen-bond acceptors (Lipinski definition) is 2. The fraction of sp³-hybridized carbons (Fsp3) is 1.00. The van der Waals surface area contributed by atoms with Crippen molar-refractivity contribution in [1.82, 2.24) is 5.32 Å². The Morgan fingerprint density at radius 1 is 1.55 bits per heavy atom. The highest BCUT2D eigenvalue weighted by Gasteiger charge is 2.36. The number of fused-ring (bicyclic) bond motifs is 4. The Kier molecular flexibility index (Phi) is 1.69. The van der Waals surface area contributed by atoms with E-state index in [0.29, 0.717) is 17.7 Å². The number of piperidine rings is 1. The topological polar surface area (TPSA) is 21.3 Å². The van der Waals surface area contributed by atoms with E-state index in [1.165, 1.54) is 19.3 Å². The molecule has 3 rings (SSSR count). The van der Waals surface area contributed by atoms with Crippen LogP contribution >= 0.6 is 0 Å². The summed E-state index contributed by atoms with van der Waals surface area (Å²) < 4.78 is 5.80. The SMILES string of the molecule is CC1C[C@]2(C)CCC(CN2)O1. The van der Waals surface area contributed by atoms with Crippen LogP contribution in [0.5, 0.6) is 0 Å². The zero-order chi connectivity index (χ0) is 7.90. The van der Waals surface area contributed by atoms with E-state index in [2.05, 4.69) is 19.2 Å². The quantitative estimate of drug-likeness (QED) is 0.569. The fourth-order valence-electron chi connectivity index (χ4n) is 2.33. The van der Waals surface area contributed by atoms with Crippen LogP contribution in [0.1, 0.15) is 33.1 Å². The molecule has 0 aromatic carbocycles. The lowest BCUT2D eigenvalue weighted by Gasteiger charge is -2.33. The minimum absolute atomic E-state index is 0.367. The monoisotopic (exact) mass is 155 g/mol. The van der Waals surface area contributed by atoms with Crippen molar-refractivity contribution in [3.05, 3.63) is 0 Å². The van der Waals surface area contributed by atoms with Crippen LogP contribution in [-0.4, -0.2) is 24.3 Å². The zero-order valence-electron chi connectivity index (χ0n) is 7.39. The predicted molar refractivity (Wildman–Crippen MR) is 44.6 cm³/mol. The molecule has 64 valence electrons. The first-order valence-electron chi connectivity index (χ1n) is 4.58. The van der Waals surface area contributed by atoms with Crippen LogP contribution in [0.25, 0.3) is 0 Å². The normalized spacial score (nSPS) is 50.7. The second kappa shape index (κ2) is 2.46. The molecule has 3 fully saturated rings. The van der Waals surface area contributed by atoms with Gasteiger partial charge in [0.05, 0.1) is 12.2 Å². The van der Waals surface area contributed by atoms with E-state index in [9.17, 15) is 0 Å². The molecule has 0 saturated carbocycles. The number of nitrogens with one attached hydrogen (secondary N) is 1. The molecule has 2 bridgehead atoms. The summed E-state index contributed by atoms with van der Waals surface area (Å²) >= 11 is 0. The molecule has 2 nitrogen and oxygen atoms in total. The molecule has 3 aliphatic rings. The molecule has 1 N–H and O–H groups in total. The molecule has 0 amide bonds. The lowest BCUT2D eigenvalue weighted by atomic mass is 9.87. The van der Waals surface area contributed by atoms with Crippen LogP contribution in [0.2, 0.25) is 0 Å². The van der Waals surface area contributed by atoms with Gasteiger partial charge in [-0.05, 0) is 33.1 Å². The third-order valence-corrected chi connectivity index (χ3v) is 2.94. The summed E-state index contributed by atoms with van der Waals surface area (Å²) in [5.74, 6) is 0. The Bertz CT molecular complexity index is 150. The van der Waals surface area contributed by atoms with Crippen molar-refractivity contribution in [2.45, 2.75) is 50.9 Å². The number of ether oxygens (including phenoxy) is 1. The smallest absolute Gasteiger partial charge is 0.0703 e.